The third kappa shape index (κ3) is 3.41. The summed E-state index contributed by atoms with van der Waals surface area (Å²) in [5, 5.41) is 9.72. The fourth-order valence-corrected chi connectivity index (χ4v) is 5.11. The molecule has 1 amide bonds. The molecule has 0 saturated carbocycles. The molecule has 1 heterocycles. The van der Waals surface area contributed by atoms with Gasteiger partial charge in [0.1, 0.15) is 12.6 Å². The van der Waals surface area contributed by atoms with Crippen molar-refractivity contribution in [1.82, 2.24) is 0 Å². The number of ether oxygens (including phenoxy) is 1. The second kappa shape index (κ2) is 7.85. The van der Waals surface area contributed by atoms with Gasteiger partial charge in [0.05, 0.1) is 5.69 Å². The molecule has 0 fully saturated rings. The van der Waals surface area contributed by atoms with E-state index in [2.05, 4.69) is 40.2 Å². The summed E-state index contributed by atoms with van der Waals surface area (Å²) in [5.74, 6) is -1.10. The van der Waals surface area contributed by atoms with Crippen molar-refractivity contribution in [3.05, 3.63) is 87.9 Å². The molecule has 0 aromatic heterocycles. The molecule has 1 unspecified atom stereocenters. The van der Waals surface area contributed by atoms with Crippen molar-refractivity contribution in [3.63, 3.8) is 0 Å². The van der Waals surface area contributed by atoms with E-state index in [1.807, 2.05) is 36.4 Å². The molecule has 1 aliphatic carbocycles. The number of aryl methyl sites for hydroxylation is 1. The molecule has 0 bridgehead atoms. The Morgan fingerprint density at radius 2 is 1.65 bits per heavy atom. The third-order valence-electron chi connectivity index (χ3n) is 6.12. The number of anilines is 1. The van der Waals surface area contributed by atoms with E-state index in [1.165, 1.54) is 4.90 Å². The molecule has 2 aliphatic rings. The summed E-state index contributed by atoms with van der Waals surface area (Å²) >= 11 is 3.45. The molecule has 0 radical (unpaired) electrons. The van der Waals surface area contributed by atoms with Gasteiger partial charge in [0.15, 0.2) is 0 Å². The topological polar surface area (TPSA) is 66.8 Å². The molecular formula is C25H20BrNO4. The van der Waals surface area contributed by atoms with Crippen molar-refractivity contribution in [1.29, 1.82) is 0 Å². The number of aliphatic carboxylic acids is 1. The number of fused-ring (bicyclic) bond motifs is 4. The van der Waals surface area contributed by atoms with E-state index in [4.69, 9.17) is 4.74 Å². The normalized spacial score (nSPS) is 16.9. The number of hydrogen-bond donors (Lipinski definition) is 1. The van der Waals surface area contributed by atoms with Crippen LogP contribution >= 0.6 is 15.9 Å². The lowest BCUT2D eigenvalue weighted by Gasteiger charge is -2.34. The maximum absolute atomic E-state index is 13.2. The molecule has 1 N–H and O–H groups in total. The van der Waals surface area contributed by atoms with Crippen LogP contribution in [-0.2, 0) is 16.0 Å². The predicted molar refractivity (Wildman–Crippen MR) is 121 cm³/mol. The van der Waals surface area contributed by atoms with Gasteiger partial charge in [0, 0.05) is 10.4 Å². The van der Waals surface area contributed by atoms with Crippen molar-refractivity contribution in [3.8, 4) is 11.1 Å². The van der Waals surface area contributed by atoms with Crippen LogP contribution in [0.2, 0.25) is 0 Å². The zero-order chi connectivity index (χ0) is 21.5. The predicted octanol–water partition coefficient (Wildman–Crippen LogP) is 5.60. The number of amides is 1. The zero-order valence-corrected chi connectivity index (χ0v) is 18.2. The van der Waals surface area contributed by atoms with Gasteiger partial charge in [-0.05, 0) is 58.9 Å². The summed E-state index contributed by atoms with van der Waals surface area (Å²) in [6.07, 6.45) is 0.319. The number of nitrogens with zero attached hydrogens (tertiary/aromatic N) is 1. The van der Waals surface area contributed by atoms with Crippen LogP contribution in [0.1, 0.15) is 29.0 Å². The first kappa shape index (κ1) is 19.8. The number of carbonyl (C=O) groups excluding carboxylic acids is 1. The average molecular weight is 478 g/mol. The van der Waals surface area contributed by atoms with Crippen molar-refractivity contribution >= 4 is 33.7 Å². The fraction of sp³-hybridized carbons (Fsp3) is 0.200. The minimum Gasteiger partial charge on any atom is -0.480 e. The monoisotopic (exact) mass is 477 g/mol. The van der Waals surface area contributed by atoms with E-state index in [9.17, 15) is 14.7 Å². The van der Waals surface area contributed by atoms with E-state index >= 15 is 0 Å². The second-order valence-electron chi connectivity index (χ2n) is 7.84. The Hall–Kier alpha value is -3.12. The SMILES string of the molecule is O=C(O)C1CCc2cc(Br)ccc2N1C(=O)OCC1c2ccccc2-c2ccccc21. The molecule has 6 heteroatoms. The number of halogens is 1. The van der Waals surface area contributed by atoms with Gasteiger partial charge in [0.2, 0.25) is 0 Å². The van der Waals surface area contributed by atoms with E-state index in [-0.39, 0.29) is 12.5 Å². The number of hydrogen-bond acceptors (Lipinski definition) is 3. The van der Waals surface area contributed by atoms with Crippen LogP contribution in [0.25, 0.3) is 11.1 Å². The molecule has 5 rings (SSSR count). The van der Waals surface area contributed by atoms with Gasteiger partial charge < -0.3 is 9.84 Å². The molecule has 3 aromatic rings. The van der Waals surface area contributed by atoms with Crippen LogP contribution in [0.15, 0.2) is 71.2 Å². The Kier molecular flexibility index (Phi) is 5.02. The highest BCUT2D eigenvalue weighted by Crippen LogP contribution is 2.44. The van der Waals surface area contributed by atoms with Crippen molar-refractivity contribution in [2.75, 3.05) is 11.5 Å². The highest BCUT2D eigenvalue weighted by molar-refractivity contribution is 9.10. The maximum atomic E-state index is 13.2. The quantitative estimate of drug-likeness (QED) is 0.532. The summed E-state index contributed by atoms with van der Waals surface area (Å²) < 4.78 is 6.65. The molecule has 0 spiro atoms. The van der Waals surface area contributed by atoms with Crippen LogP contribution in [0, 0.1) is 0 Å². The van der Waals surface area contributed by atoms with E-state index in [0.717, 1.165) is 32.3 Å². The van der Waals surface area contributed by atoms with E-state index in [0.29, 0.717) is 18.5 Å². The smallest absolute Gasteiger partial charge is 0.415 e. The highest BCUT2D eigenvalue weighted by Gasteiger charge is 2.38. The summed E-state index contributed by atoms with van der Waals surface area (Å²) in [6.45, 7) is 0.154. The van der Waals surface area contributed by atoms with Crippen LogP contribution in [-0.4, -0.2) is 29.8 Å². The van der Waals surface area contributed by atoms with Gasteiger partial charge >= 0.3 is 12.1 Å². The molecule has 1 aliphatic heterocycles. The Morgan fingerprint density at radius 3 is 2.29 bits per heavy atom. The number of benzene rings is 3. The van der Waals surface area contributed by atoms with Gasteiger partial charge in [-0.25, -0.2) is 9.59 Å². The fourth-order valence-electron chi connectivity index (χ4n) is 4.70. The maximum Gasteiger partial charge on any atom is 0.415 e. The Labute approximate surface area is 188 Å². The zero-order valence-electron chi connectivity index (χ0n) is 16.6. The molecule has 3 aromatic carbocycles. The van der Waals surface area contributed by atoms with Gasteiger partial charge in [-0.15, -0.1) is 0 Å². The molecular weight excluding hydrogens is 458 g/mol. The van der Waals surface area contributed by atoms with Crippen LogP contribution in [0.3, 0.4) is 0 Å². The lowest BCUT2D eigenvalue weighted by Crippen LogP contribution is -2.48. The standard InChI is InChI=1S/C25H20BrNO4/c26-16-10-12-22-15(13-16)9-11-23(24(28)29)27(22)25(30)31-14-21-19-7-3-1-5-17(19)18-6-2-4-8-20(18)21/h1-8,10,12-13,21,23H,9,11,14H2,(H,28,29). The van der Waals surface area contributed by atoms with Crippen LogP contribution in [0.5, 0.6) is 0 Å². The second-order valence-corrected chi connectivity index (χ2v) is 8.76. The van der Waals surface area contributed by atoms with Gasteiger partial charge in [0.25, 0.3) is 0 Å². The Bertz CT molecular complexity index is 1150. The first-order chi connectivity index (χ1) is 15.0. The molecule has 5 nitrogen and oxygen atoms in total. The summed E-state index contributed by atoms with van der Waals surface area (Å²) in [5.41, 5.74) is 6.06. The lowest BCUT2D eigenvalue weighted by atomic mass is 9.96. The molecule has 1 atom stereocenters. The highest BCUT2D eigenvalue weighted by atomic mass is 79.9. The number of carboxylic acids is 1. The van der Waals surface area contributed by atoms with Crippen LogP contribution in [0.4, 0.5) is 10.5 Å². The third-order valence-corrected chi connectivity index (χ3v) is 6.61. The van der Waals surface area contributed by atoms with Gasteiger partial charge in [-0.2, -0.15) is 0 Å². The lowest BCUT2D eigenvalue weighted by molar-refractivity contribution is -0.138. The van der Waals surface area contributed by atoms with Crippen molar-refractivity contribution in [2.24, 2.45) is 0 Å². The van der Waals surface area contributed by atoms with E-state index < -0.39 is 18.1 Å². The Morgan fingerprint density at radius 1 is 1.00 bits per heavy atom. The largest absolute Gasteiger partial charge is 0.480 e. The van der Waals surface area contributed by atoms with Crippen molar-refractivity contribution < 1.29 is 19.4 Å². The minimum absolute atomic E-state index is 0.0752. The average Bonchev–Trinajstić information content (AvgIpc) is 3.10. The molecule has 31 heavy (non-hydrogen) atoms. The molecule has 156 valence electrons. The summed E-state index contributed by atoms with van der Waals surface area (Å²) in [7, 11) is 0. The summed E-state index contributed by atoms with van der Waals surface area (Å²) in [4.78, 5) is 26.3. The minimum atomic E-state index is -1.03. The van der Waals surface area contributed by atoms with Crippen molar-refractivity contribution in [2.45, 2.75) is 24.8 Å². The van der Waals surface area contributed by atoms with E-state index in [1.54, 1.807) is 6.07 Å². The first-order valence-electron chi connectivity index (χ1n) is 10.2. The van der Waals surface area contributed by atoms with Gasteiger partial charge in [-0.3, -0.25) is 4.90 Å². The number of carboxylic acid groups (broad SMARTS) is 1. The molecule has 0 saturated heterocycles. The summed E-state index contributed by atoms with van der Waals surface area (Å²) in [6, 6.07) is 20.8. The van der Waals surface area contributed by atoms with Gasteiger partial charge in [-0.1, -0.05) is 64.5 Å². The van der Waals surface area contributed by atoms with Crippen LogP contribution < -0.4 is 4.90 Å². The first-order valence-corrected chi connectivity index (χ1v) is 11.0. The number of rotatable bonds is 3. The number of carbonyl (C=O) groups is 2. The Balaban J connectivity index is 1.43.